The molecule has 1 nitrogen and oxygen atoms in total. The van der Waals surface area contributed by atoms with Gasteiger partial charge in [-0.1, -0.05) is 6.08 Å². The topological polar surface area (TPSA) is 26.0 Å². The number of alkyl halides is 3. The Bertz CT molecular complexity index is 404. The highest BCUT2D eigenvalue weighted by Gasteiger charge is 2.31. The van der Waals surface area contributed by atoms with Crippen LogP contribution in [0.15, 0.2) is 30.9 Å². The van der Waals surface area contributed by atoms with E-state index in [0.717, 1.165) is 12.1 Å². The fourth-order valence-electron chi connectivity index (χ4n) is 1.46. The molecule has 0 heterocycles. The van der Waals surface area contributed by atoms with Gasteiger partial charge in [0.15, 0.2) is 0 Å². The number of halogens is 5. The van der Waals surface area contributed by atoms with Crippen LogP contribution in [-0.2, 0) is 6.18 Å². The monoisotopic (exact) mass is 283 g/mol. The molecule has 1 aromatic carbocycles. The van der Waals surface area contributed by atoms with E-state index in [-0.39, 0.29) is 18.0 Å². The van der Waals surface area contributed by atoms with Gasteiger partial charge >= 0.3 is 6.18 Å². The molecule has 0 saturated heterocycles. The van der Waals surface area contributed by atoms with E-state index < -0.39 is 23.6 Å². The Labute approximate surface area is 109 Å². The lowest BCUT2D eigenvalue weighted by Crippen LogP contribution is -2.14. The van der Waals surface area contributed by atoms with Gasteiger partial charge < -0.3 is 5.73 Å². The molecule has 0 aliphatic heterocycles. The lowest BCUT2D eigenvalue weighted by molar-refractivity contribution is -0.137. The Kier molecular flexibility index (Phi) is 6.35. The van der Waals surface area contributed by atoms with Crippen LogP contribution < -0.4 is 5.73 Å². The molecule has 2 N–H and O–H groups in total. The Morgan fingerprint density at radius 3 is 2.44 bits per heavy atom. The number of allylic oxidation sites excluding steroid dienone is 1. The Morgan fingerprint density at radius 1 is 1.33 bits per heavy atom. The first-order chi connectivity index (χ1) is 7.86. The van der Waals surface area contributed by atoms with Gasteiger partial charge in [-0.25, -0.2) is 4.39 Å². The summed E-state index contributed by atoms with van der Waals surface area (Å²) >= 11 is 0. The van der Waals surface area contributed by atoms with Crippen molar-refractivity contribution in [3.63, 3.8) is 0 Å². The highest BCUT2D eigenvalue weighted by atomic mass is 35.5. The van der Waals surface area contributed by atoms with E-state index in [4.69, 9.17) is 5.73 Å². The average molecular weight is 284 g/mol. The van der Waals surface area contributed by atoms with E-state index in [1.54, 1.807) is 6.08 Å². The normalized spacial score (nSPS) is 12.7. The standard InChI is InChI=1S/C12H13F4N.ClH/c1-2-3-4-11(17)9-7-8(12(14,15)16)5-6-10(9)13;/h2,5-7,11H,1,3-4,17H2;1H/t11-;/m1./s1. The maximum absolute atomic E-state index is 13.4. The number of benzene rings is 1. The van der Waals surface area contributed by atoms with Crippen LogP contribution in [0.25, 0.3) is 0 Å². The SMILES string of the molecule is C=CCC[C@@H](N)c1cc(C(F)(F)F)ccc1F.Cl. The van der Waals surface area contributed by atoms with Crippen molar-refractivity contribution < 1.29 is 17.6 Å². The fourth-order valence-corrected chi connectivity index (χ4v) is 1.46. The van der Waals surface area contributed by atoms with Crippen molar-refractivity contribution in [2.24, 2.45) is 5.73 Å². The Morgan fingerprint density at radius 2 is 1.94 bits per heavy atom. The van der Waals surface area contributed by atoms with Gasteiger partial charge in [0.25, 0.3) is 0 Å². The summed E-state index contributed by atoms with van der Waals surface area (Å²) in [6, 6.07) is 1.52. The minimum Gasteiger partial charge on any atom is -0.324 e. The third-order valence-corrected chi connectivity index (χ3v) is 2.40. The molecule has 1 aromatic rings. The molecular weight excluding hydrogens is 270 g/mol. The van der Waals surface area contributed by atoms with Crippen LogP contribution >= 0.6 is 12.4 Å². The van der Waals surface area contributed by atoms with Gasteiger partial charge in [0, 0.05) is 11.6 Å². The largest absolute Gasteiger partial charge is 0.416 e. The van der Waals surface area contributed by atoms with Crippen molar-refractivity contribution in [3.05, 3.63) is 47.8 Å². The van der Waals surface area contributed by atoms with Crippen LogP contribution in [0.3, 0.4) is 0 Å². The maximum Gasteiger partial charge on any atom is 0.416 e. The van der Waals surface area contributed by atoms with Crippen molar-refractivity contribution in [1.29, 1.82) is 0 Å². The molecule has 18 heavy (non-hydrogen) atoms. The summed E-state index contributed by atoms with van der Waals surface area (Å²) in [5.74, 6) is -0.713. The maximum atomic E-state index is 13.4. The quantitative estimate of drug-likeness (QED) is 0.649. The zero-order valence-corrected chi connectivity index (χ0v) is 10.3. The summed E-state index contributed by atoms with van der Waals surface area (Å²) in [7, 11) is 0. The van der Waals surface area contributed by atoms with E-state index in [9.17, 15) is 17.6 Å². The summed E-state index contributed by atoms with van der Waals surface area (Å²) in [5, 5.41) is 0. The van der Waals surface area contributed by atoms with Crippen LogP contribution in [0.1, 0.15) is 30.0 Å². The van der Waals surface area contributed by atoms with Gasteiger partial charge in [-0.05, 0) is 31.0 Å². The second-order valence-corrected chi connectivity index (χ2v) is 3.71. The lowest BCUT2D eigenvalue weighted by Gasteiger charge is -2.14. The minimum atomic E-state index is -4.49. The highest BCUT2D eigenvalue weighted by Crippen LogP contribution is 2.32. The van der Waals surface area contributed by atoms with Crippen molar-refractivity contribution in [2.75, 3.05) is 0 Å². The molecule has 0 fully saturated rings. The predicted octanol–water partition coefficient (Wildman–Crippen LogP) is 4.23. The van der Waals surface area contributed by atoms with Crippen LogP contribution in [0, 0.1) is 5.82 Å². The van der Waals surface area contributed by atoms with Crippen LogP contribution in [0.2, 0.25) is 0 Å². The lowest BCUT2D eigenvalue weighted by atomic mass is 10.00. The molecule has 102 valence electrons. The molecule has 0 amide bonds. The molecule has 6 heteroatoms. The third kappa shape index (κ3) is 4.31. The zero-order valence-electron chi connectivity index (χ0n) is 9.51. The Hall–Kier alpha value is -1.07. The van der Waals surface area contributed by atoms with E-state index in [1.165, 1.54) is 0 Å². The molecule has 0 unspecified atom stereocenters. The van der Waals surface area contributed by atoms with Gasteiger partial charge in [0.1, 0.15) is 5.82 Å². The molecule has 0 bridgehead atoms. The van der Waals surface area contributed by atoms with Crippen molar-refractivity contribution in [3.8, 4) is 0 Å². The van der Waals surface area contributed by atoms with E-state index >= 15 is 0 Å². The van der Waals surface area contributed by atoms with E-state index in [1.807, 2.05) is 0 Å². The van der Waals surface area contributed by atoms with Gasteiger partial charge in [-0.2, -0.15) is 13.2 Å². The molecule has 0 aliphatic carbocycles. The van der Waals surface area contributed by atoms with Crippen LogP contribution in [-0.4, -0.2) is 0 Å². The van der Waals surface area contributed by atoms with Crippen LogP contribution in [0.5, 0.6) is 0 Å². The molecular formula is C12H14ClF4N. The highest BCUT2D eigenvalue weighted by molar-refractivity contribution is 5.85. The van der Waals surface area contributed by atoms with Crippen molar-refractivity contribution >= 4 is 12.4 Å². The molecule has 0 saturated carbocycles. The zero-order chi connectivity index (χ0) is 13.1. The number of hydrogen-bond acceptors (Lipinski definition) is 1. The molecule has 0 aromatic heterocycles. The summed E-state index contributed by atoms with van der Waals surface area (Å²) in [6.45, 7) is 3.48. The first-order valence-corrected chi connectivity index (χ1v) is 5.09. The molecule has 1 atom stereocenters. The Balaban J connectivity index is 0.00000289. The summed E-state index contributed by atoms with van der Waals surface area (Å²) in [5.41, 5.74) is 4.64. The molecule has 0 spiro atoms. The van der Waals surface area contributed by atoms with Crippen molar-refractivity contribution in [2.45, 2.75) is 25.1 Å². The fraction of sp³-hybridized carbons (Fsp3) is 0.333. The van der Waals surface area contributed by atoms with Gasteiger partial charge in [0.2, 0.25) is 0 Å². The molecule has 0 aliphatic rings. The predicted molar refractivity (Wildman–Crippen MR) is 65.0 cm³/mol. The molecule has 0 radical (unpaired) electrons. The minimum absolute atomic E-state index is 0. The summed E-state index contributed by atoms with van der Waals surface area (Å²) in [4.78, 5) is 0. The van der Waals surface area contributed by atoms with Gasteiger partial charge in [0.05, 0.1) is 5.56 Å². The summed E-state index contributed by atoms with van der Waals surface area (Å²) in [6.07, 6.45) is -2.01. The van der Waals surface area contributed by atoms with Gasteiger partial charge in [-0.15, -0.1) is 19.0 Å². The van der Waals surface area contributed by atoms with E-state index in [0.29, 0.717) is 18.9 Å². The molecule has 1 rings (SSSR count). The summed E-state index contributed by atoms with van der Waals surface area (Å²) < 4.78 is 50.7. The third-order valence-electron chi connectivity index (χ3n) is 2.40. The first kappa shape index (κ1) is 16.9. The second kappa shape index (κ2) is 6.75. The second-order valence-electron chi connectivity index (χ2n) is 3.71. The number of nitrogens with two attached hydrogens (primary N) is 1. The smallest absolute Gasteiger partial charge is 0.324 e. The van der Waals surface area contributed by atoms with E-state index in [2.05, 4.69) is 6.58 Å². The number of rotatable bonds is 4. The van der Waals surface area contributed by atoms with Gasteiger partial charge in [-0.3, -0.25) is 0 Å². The average Bonchev–Trinajstić information content (AvgIpc) is 2.24. The van der Waals surface area contributed by atoms with Crippen molar-refractivity contribution in [1.82, 2.24) is 0 Å². The number of hydrogen-bond donors (Lipinski definition) is 1. The first-order valence-electron chi connectivity index (χ1n) is 5.09. The van der Waals surface area contributed by atoms with Crippen LogP contribution in [0.4, 0.5) is 17.6 Å².